The summed E-state index contributed by atoms with van der Waals surface area (Å²) < 4.78 is 5.06. The predicted octanol–water partition coefficient (Wildman–Crippen LogP) is 2.32. The molecule has 0 aromatic carbocycles. The van der Waals surface area contributed by atoms with E-state index in [0.717, 1.165) is 12.8 Å². The molecule has 0 saturated carbocycles. The van der Waals surface area contributed by atoms with E-state index in [-0.39, 0.29) is 0 Å². The molecular formula is C9H15NO2S. The minimum absolute atomic E-state index is 0.584. The van der Waals surface area contributed by atoms with Crippen LogP contribution in [0.15, 0.2) is 22.1 Å². The van der Waals surface area contributed by atoms with Gasteiger partial charge in [-0.1, -0.05) is 25.6 Å². The van der Waals surface area contributed by atoms with Crippen LogP contribution in [0.3, 0.4) is 0 Å². The number of aromatic nitrogens is 1. The fraction of sp³-hybridized carbons (Fsp3) is 0.667. The molecule has 0 aliphatic rings. The Morgan fingerprint density at radius 1 is 1.54 bits per heavy atom. The van der Waals surface area contributed by atoms with Gasteiger partial charge in [0.1, 0.15) is 6.26 Å². The Kier molecular flexibility index (Phi) is 3.81. The van der Waals surface area contributed by atoms with Gasteiger partial charge < -0.3 is 9.52 Å². The van der Waals surface area contributed by atoms with Crippen molar-refractivity contribution in [3.63, 3.8) is 0 Å². The zero-order valence-electron chi connectivity index (χ0n) is 7.99. The van der Waals surface area contributed by atoms with Crippen LogP contribution < -0.4 is 0 Å². The molecule has 1 heterocycles. The molecule has 0 radical (unpaired) electrons. The third-order valence-corrected chi connectivity index (χ3v) is 3.32. The molecule has 0 fully saturated rings. The number of oxazole rings is 1. The number of nitrogens with zero attached hydrogens (tertiary/aromatic N) is 1. The first kappa shape index (κ1) is 10.6. The third-order valence-electron chi connectivity index (χ3n) is 2.19. The molecule has 0 unspecified atom stereocenters. The molecule has 0 saturated heterocycles. The number of hydrogen-bond acceptors (Lipinski definition) is 4. The van der Waals surface area contributed by atoms with Crippen LogP contribution in [-0.2, 0) is 0 Å². The van der Waals surface area contributed by atoms with Crippen LogP contribution in [-0.4, -0.2) is 21.4 Å². The van der Waals surface area contributed by atoms with Crippen molar-refractivity contribution >= 4 is 11.8 Å². The van der Waals surface area contributed by atoms with E-state index in [4.69, 9.17) is 4.42 Å². The number of thioether (sulfide) groups is 1. The largest absolute Gasteiger partial charge is 0.440 e. The van der Waals surface area contributed by atoms with Gasteiger partial charge in [0.2, 0.25) is 0 Å². The first-order valence-corrected chi connectivity index (χ1v) is 5.43. The second kappa shape index (κ2) is 4.67. The minimum Gasteiger partial charge on any atom is -0.440 e. The Labute approximate surface area is 82.6 Å². The van der Waals surface area contributed by atoms with Crippen molar-refractivity contribution in [1.29, 1.82) is 0 Å². The highest BCUT2D eigenvalue weighted by Gasteiger charge is 2.22. The lowest BCUT2D eigenvalue weighted by molar-refractivity contribution is 0.0570. The molecule has 0 aliphatic heterocycles. The van der Waals surface area contributed by atoms with E-state index in [0.29, 0.717) is 11.0 Å². The van der Waals surface area contributed by atoms with Crippen LogP contribution >= 0.6 is 11.8 Å². The van der Waals surface area contributed by atoms with E-state index >= 15 is 0 Å². The van der Waals surface area contributed by atoms with E-state index in [1.807, 2.05) is 13.8 Å². The lowest BCUT2D eigenvalue weighted by Crippen LogP contribution is -2.29. The summed E-state index contributed by atoms with van der Waals surface area (Å²) in [5.41, 5.74) is -0.584. The SMILES string of the molecule is CCC(O)(CC)CSc1ncco1. The summed E-state index contributed by atoms with van der Waals surface area (Å²) in [6.45, 7) is 3.97. The van der Waals surface area contributed by atoms with Crippen molar-refractivity contribution in [2.75, 3.05) is 5.75 Å². The standard InChI is InChI=1S/C9H15NO2S/c1-3-9(11,4-2)7-13-8-10-5-6-12-8/h5-6,11H,3-4,7H2,1-2H3. The highest BCUT2D eigenvalue weighted by Crippen LogP contribution is 2.25. The summed E-state index contributed by atoms with van der Waals surface area (Å²) in [6.07, 6.45) is 4.67. The van der Waals surface area contributed by atoms with Gasteiger partial charge in [0.25, 0.3) is 5.22 Å². The van der Waals surface area contributed by atoms with Gasteiger partial charge >= 0.3 is 0 Å². The Hall–Kier alpha value is -0.480. The summed E-state index contributed by atoms with van der Waals surface area (Å²) in [5, 5.41) is 10.6. The Balaban J connectivity index is 2.41. The van der Waals surface area contributed by atoms with Crippen LogP contribution in [0.25, 0.3) is 0 Å². The van der Waals surface area contributed by atoms with E-state index in [9.17, 15) is 5.11 Å². The van der Waals surface area contributed by atoms with Crippen LogP contribution in [0.2, 0.25) is 0 Å². The van der Waals surface area contributed by atoms with E-state index in [2.05, 4.69) is 4.98 Å². The maximum absolute atomic E-state index is 9.94. The van der Waals surface area contributed by atoms with E-state index in [1.165, 1.54) is 11.8 Å². The molecule has 74 valence electrons. The van der Waals surface area contributed by atoms with Crippen LogP contribution in [0.4, 0.5) is 0 Å². The highest BCUT2D eigenvalue weighted by molar-refractivity contribution is 7.99. The van der Waals surface area contributed by atoms with Crippen molar-refractivity contribution in [3.8, 4) is 0 Å². The average Bonchev–Trinajstić information content (AvgIpc) is 2.67. The van der Waals surface area contributed by atoms with Crippen molar-refractivity contribution in [2.45, 2.75) is 37.5 Å². The van der Waals surface area contributed by atoms with Gasteiger partial charge in [-0.25, -0.2) is 4.98 Å². The molecule has 13 heavy (non-hydrogen) atoms. The molecule has 0 amide bonds. The van der Waals surface area contributed by atoms with Crippen molar-refractivity contribution in [3.05, 3.63) is 12.5 Å². The van der Waals surface area contributed by atoms with E-state index < -0.39 is 5.60 Å². The Bertz CT molecular complexity index is 232. The number of aliphatic hydroxyl groups is 1. The van der Waals surface area contributed by atoms with Gasteiger partial charge in [-0.2, -0.15) is 0 Å². The molecule has 0 atom stereocenters. The quantitative estimate of drug-likeness (QED) is 0.743. The van der Waals surface area contributed by atoms with Gasteiger partial charge in [0, 0.05) is 5.75 Å². The maximum Gasteiger partial charge on any atom is 0.255 e. The summed E-state index contributed by atoms with van der Waals surface area (Å²) in [7, 11) is 0. The maximum atomic E-state index is 9.94. The molecule has 1 N–H and O–H groups in total. The molecule has 1 rings (SSSR count). The predicted molar refractivity (Wildman–Crippen MR) is 52.8 cm³/mol. The van der Waals surface area contributed by atoms with Gasteiger partial charge in [-0.3, -0.25) is 0 Å². The van der Waals surface area contributed by atoms with Gasteiger partial charge in [0.15, 0.2) is 0 Å². The van der Waals surface area contributed by atoms with Crippen molar-refractivity contribution in [2.24, 2.45) is 0 Å². The lowest BCUT2D eigenvalue weighted by atomic mass is 10.0. The number of hydrogen-bond donors (Lipinski definition) is 1. The molecule has 1 aromatic rings. The third kappa shape index (κ3) is 3.04. The average molecular weight is 201 g/mol. The molecule has 0 bridgehead atoms. The van der Waals surface area contributed by atoms with Crippen molar-refractivity contribution < 1.29 is 9.52 Å². The van der Waals surface area contributed by atoms with Gasteiger partial charge in [-0.05, 0) is 12.8 Å². The molecule has 1 aromatic heterocycles. The first-order valence-electron chi connectivity index (χ1n) is 4.45. The minimum atomic E-state index is -0.584. The van der Waals surface area contributed by atoms with Crippen molar-refractivity contribution in [1.82, 2.24) is 4.98 Å². The smallest absolute Gasteiger partial charge is 0.255 e. The number of rotatable bonds is 5. The fourth-order valence-corrected chi connectivity index (χ4v) is 1.99. The normalized spacial score (nSPS) is 11.9. The van der Waals surface area contributed by atoms with Crippen LogP contribution in [0, 0.1) is 0 Å². The topological polar surface area (TPSA) is 46.3 Å². The van der Waals surface area contributed by atoms with E-state index in [1.54, 1.807) is 12.5 Å². The first-order chi connectivity index (χ1) is 6.20. The van der Waals surface area contributed by atoms with Crippen LogP contribution in [0.1, 0.15) is 26.7 Å². The summed E-state index contributed by atoms with van der Waals surface area (Å²) in [4.78, 5) is 3.97. The zero-order valence-corrected chi connectivity index (χ0v) is 8.80. The molecule has 3 nitrogen and oxygen atoms in total. The van der Waals surface area contributed by atoms with Gasteiger partial charge in [-0.15, -0.1) is 0 Å². The highest BCUT2D eigenvalue weighted by atomic mass is 32.2. The Morgan fingerprint density at radius 3 is 2.69 bits per heavy atom. The lowest BCUT2D eigenvalue weighted by Gasteiger charge is -2.23. The Morgan fingerprint density at radius 2 is 2.23 bits per heavy atom. The monoisotopic (exact) mass is 201 g/mol. The van der Waals surface area contributed by atoms with Crippen LogP contribution in [0.5, 0.6) is 0 Å². The second-order valence-electron chi connectivity index (χ2n) is 3.02. The molecule has 0 aliphatic carbocycles. The fourth-order valence-electron chi connectivity index (χ4n) is 0.932. The summed E-state index contributed by atoms with van der Waals surface area (Å²) in [6, 6.07) is 0. The summed E-state index contributed by atoms with van der Waals surface area (Å²) >= 11 is 1.46. The molecular weight excluding hydrogens is 186 g/mol. The zero-order chi connectivity index (χ0) is 9.73. The summed E-state index contributed by atoms with van der Waals surface area (Å²) in [5.74, 6) is 0.639. The van der Waals surface area contributed by atoms with Gasteiger partial charge in [0.05, 0.1) is 11.8 Å². The molecule has 0 spiro atoms. The molecule has 4 heteroatoms. The second-order valence-corrected chi connectivity index (χ2v) is 3.94.